The topological polar surface area (TPSA) is 42.0 Å². The van der Waals surface area contributed by atoms with Crippen LogP contribution in [0.4, 0.5) is 9.52 Å². The van der Waals surface area contributed by atoms with Gasteiger partial charge < -0.3 is 0 Å². The number of rotatable bonds is 3. The Kier molecular flexibility index (Phi) is 4.44. The first-order valence-corrected chi connectivity index (χ1v) is 8.38. The van der Waals surface area contributed by atoms with Gasteiger partial charge in [0.2, 0.25) is 0 Å². The van der Waals surface area contributed by atoms with Gasteiger partial charge in [-0.1, -0.05) is 12.1 Å². The van der Waals surface area contributed by atoms with Crippen LogP contribution in [0.2, 0.25) is 0 Å². The van der Waals surface area contributed by atoms with Gasteiger partial charge in [-0.25, -0.2) is 9.37 Å². The predicted octanol–water partition coefficient (Wildman–Crippen LogP) is 5.13. The van der Waals surface area contributed by atoms with Crippen molar-refractivity contribution in [3.05, 3.63) is 69.8 Å². The van der Waals surface area contributed by atoms with E-state index in [9.17, 15) is 9.18 Å². The smallest absolute Gasteiger partial charge is 0.257 e. The van der Waals surface area contributed by atoms with Crippen molar-refractivity contribution in [3.63, 3.8) is 0 Å². The van der Waals surface area contributed by atoms with Gasteiger partial charge in [0.25, 0.3) is 5.91 Å². The largest absolute Gasteiger partial charge is 0.298 e. The summed E-state index contributed by atoms with van der Waals surface area (Å²) in [6, 6.07) is 11.8. The number of aromatic nitrogens is 1. The molecule has 0 radical (unpaired) electrons. The predicted molar refractivity (Wildman–Crippen MR) is 96.1 cm³/mol. The van der Waals surface area contributed by atoms with Gasteiger partial charge in [0, 0.05) is 16.0 Å². The zero-order valence-corrected chi connectivity index (χ0v) is 14.5. The van der Waals surface area contributed by atoms with Gasteiger partial charge in [0.15, 0.2) is 5.13 Å². The molecule has 0 aliphatic carbocycles. The quantitative estimate of drug-likeness (QED) is 0.718. The van der Waals surface area contributed by atoms with Crippen LogP contribution in [0.3, 0.4) is 0 Å². The lowest BCUT2D eigenvalue weighted by Gasteiger charge is -2.07. The fourth-order valence-electron chi connectivity index (χ4n) is 2.49. The summed E-state index contributed by atoms with van der Waals surface area (Å²) < 4.78 is 13.1. The lowest BCUT2D eigenvalue weighted by atomic mass is 10.0. The van der Waals surface area contributed by atoms with E-state index in [1.807, 2.05) is 32.9 Å². The number of aryl methyl sites for hydroxylation is 2. The molecule has 0 bridgehead atoms. The minimum absolute atomic E-state index is 0.171. The molecular formula is C19H17FN2OS. The Hall–Kier alpha value is -2.53. The molecular weight excluding hydrogens is 323 g/mol. The van der Waals surface area contributed by atoms with E-state index in [-0.39, 0.29) is 11.7 Å². The summed E-state index contributed by atoms with van der Waals surface area (Å²) >= 11 is 1.41. The molecule has 24 heavy (non-hydrogen) atoms. The van der Waals surface area contributed by atoms with Crippen LogP contribution >= 0.6 is 11.3 Å². The Bertz CT molecular complexity index is 900. The number of hydrogen-bond acceptors (Lipinski definition) is 3. The zero-order chi connectivity index (χ0) is 17.3. The second kappa shape index (κ2) is 6.53. The number of benzene rings is 2. The molecule has 0 saturated carbocycles. The van der Waals surface area contributed by atoms with Crippen LogP contribution in [0.1, 0.15) is 26.4 Å². The summed E-state index contributed by atoms with van der Waals surface area (Å²) in [4.78, 5) is 18.0. The Morgan fingerprint density at radius 3 is 2.50 bits per heavy atom. The first-order valence-electron chi connectivity index (χ1n) is 7.56. The van der Waals surface area contributed by atoms with Gasteiger partial charge in [-0.2, -0.15) is 0 Å². The highest BCUT2D eigenvalue weighted by Crippen LogP contribution is 2.30. The summed E-state index contributed by atoms with van der Waals surface area (Å²) in [5.74, 6) is -0.453. The van der Waals surface area contributed by atoms with Gasteiger partial charge in [0.05, 0.1) is 5.69 Å². The average Bonchev–Trinajstić information content (AvgIpc) is 2.91. The third-order valence-corrected chi connectivity index (χ3v) is 4.87. The number of thiazole rings is 1. The van der Waals surface area contributed by atoms with Crippen molar-refractivity contribution in [2.24, 2.45) is 0 Å². The molecule has 3 aromatic rings. The van der Waals surface area contributed by atoms with Crippen LogP contribution in [0.5, 0.6) is 0 Å². The molecule has 1 N–H and O–H groups in total. The van der Waals surface area contributed by atoms with E-state index in [0.29, 0.717) is 10.7 Å². The van der Waals surface area contributed by atoms with E-state index < -0.39 is 0 Å². The fraction of sp³-hybridized carbons (Fsp3) is 0.158. The van der Waals surface area contributed by atoms with Gasteiger partial charge in [-0.05, 0) is 62.2 Å². The highest BCUT2D eigenvalue weighted by molar-refractivity contribution is 7.16. The SMILES string of the molecule is Cc1cccc(C(=O)Nc2nc(-c3ccc(F)cc3)c(C)s2)c1C. The number of amides is 1. The number of hydrogen-bond donors (Lipinski definition) is 1. The first-order chi connectivity index (χ1) is 11.5. The average molecular weight is 340 g/mol. The number of nitrogens with zero attached hydrogens (tertiary/aromatic N) is 1. The van der Waals surface area contributed by atoms with Crippen molar-refractivity contribution in [3.8, 4) is 11.3 Å². The van der Waals surface area contributed by atoms with Crippen LogP contribution in [-0.4, -0.2) is 10.9 Å². The minimum Gasteiger partial charge on any atom is -0.298 e. The summed E-state index contributed by atoms with van der Waals surface area (Å²) in [5, 5.41) is 3.40. The van der Waals surface area contributed by atoms with E-state index in [1.165, 1.54) is 23.5 Å². The van der Waals surface area contributed by atoms with E-state index >= 15 is 0 Å². The molecule has 0 aliphatic rings. The van der Waals surface area contributed by atoms with E-state index in [1.54, 1.807) is 18.2 Å². The Morgan fingerprint density at radius 2 is 1.79 bits per heavy atom. The van der Waals surface area contributed by atoms with Gasteiger partial charge in [-0.15, -0.1) is 11.3 Å². The molecule has 5 heteroatoms. The van der Waals surface area contributed by atoms with Crippen molar-refractivity contribution in [1.29, 1.82) is 0 Å². The van der Waals surface area contributed by atoms with Gasteiger partial charge in [0.1, 0.15) is 5.82 Å². The third kappa shape index (κ3) is 3.21. The second-order valence-electron chi connectivity index (χ2n) is 5.63. The van der Waals surface area contributed by atoms with Crippen molar-refractivity contribution in [2.75, 3.05) is 5.32 Å². The molecule has 0 aliphatic heterocycles. The van der Waals surface area contributed by atoms with Crippen LogP contribution in [-0.2, 0) is 0 Å². The third-order valence-electron chi connectivity index (χ3n) is 3.98. The number of anilines is 1. The molecule has 0 atom stereocenters. The summed E-state index contributed by atoms with van der Waals surface area (Å²) in [5.41, 5.74) is 4.27. The highest BCUT2D eigenvalue weighted by atomic mass is 32.1. The van der Waals surface area contributed by atoms with E-state index in [4.69, 9.17) is 0 Å². The zero-order valence-electron chi connectivity index (χ0n) is 13.7. The van der Waals surface area contributed by atoms with Crippen molar-refractivity contribution >= 4 is 22.4 Å². The molecule has 0 spiro atoms. The lowest BCUT2D eigenvalue weighted by molar-refractivity contribution is 0.102. The maximum absolute atomic E-state index is 13.1. The summed E-state index contributed by atoms with van der Waals surface area (Å²) in [6.07, 6.45) is 0. The Balaban J connectivity index is 1.86. The Morgan fingerprint density at radius 1 is 1.08 bits per heavy atom. The van der Waals surface area contributed by atoms with E-state index in [2.05, 4.69) is 10.3 Å². The summed E-state index contributed by atoms with van der Waals surface area (Å²) in [7, 11) is 0. The monoisotopic (exact) mass is 340 g/mol. The molecule has 3 nitrogen and oxygen atoms in total. The van der Waals surface area contributed by atoms with E-state index in [0.717, 1.165) is 27.3 Å². The number of halogens is 1. The fourth-order valence-corrected chi connectivity index (χ4v) is 3.32. The molecule has 3 rings (SSSR count). The van der Waals surface area contributed by atoms with Crippen molar-refractivity contribution in [1.82, 2.24) is 4.98 Å². The molecule has 0 fully saturated rings. The Labute approximate surface area is 144 Å². The maximum atomic E-state index is 13.1. The van der Waals surface area contributed by atoms with Crippen LogP contribution < -0.4 is 5.32 Å². The van der Waals surface area contributed by atoms with Crippen LogP contribution in [0.15, 0.2) is 42.5 Å². The van der Waals surface area contributed by atoms with Crippen LogP contribution in [0.25, 0.3) is 11.3 Å². The number of carbonyl (C=O) groups excluding carboxylic acids is 1. The van der Waals surface area contributed by atoms with Gasteiger partial charge in [-0.3, -0.25) is 10.1 Å². The molecule has 1 amide bonds. The maximum Gasteiger partial charge on any atom is 0.257 e. The summed E-state index contributed by atoms with van der Waals surface area (Å²) in [6.45, 7) is 5.84. The number of carbonyl (C=O) groups is 1. The van der Waals surface area contributed by atoms with Crippen LogP contribution in [0, 0.1) is 26.6 Å². The standard InChI is InChI=1S/C19H17FN2OS/c1-11-5-4-6-16(12(11)2)18(23)22-19-21-17(13(3)24-19)14-7-9-15(20)10-8-14/h4-10H,1-3H3,(H,21,22,23). The van der Waals surface area contributed by atoms with Crippen molar-refractivity contribution in [2.45, 2.75) is 20.8 Å². The highest BCUT2D eigenvalue weighted by Gasteiger charge is 2.15. The number of nitrogens with one attached hydrogen (secondary N) is 1. The molecule has 1 heterocycles. The molecule has 1 aromatic heterocycles. The molecule has 2 aromatic carbocycles. The minimum atomic E-state index is -0.282. The van der Waals surface area contributed by atoms with Crippen molar-refractivity contribution < 1.29 is 9.18 Å². The molecule has 122 valence electrons. The normalized spacial score (nSPS) is 10.7. The molecule has 0 unspecified atom stereocenters. The van der Waals surface area contributed by atoms with Gasteiger partial charge >= 0.3 is 0 Å². The molecule has 0 saturated heterocycles. The lowest BCUT2D eigenvalue weighted by Crippen LogP contribution is -2.13. The first kappa shape index (κ1) is 16.3. The second-order valence-corrected chi connectivity index (χ2v) is 6.84.